The summed E-state index contributed by atoms with van der Waals surface area (Å²) in [7, 11) is 0. The number of hydrogen-bond donors (Lipinski definition) is 1. The van der Waals surface area contributed by atoms with Crippen LogP contribution in [0.5, 0.6) is 0 Å². The van der Waals surface area contributed by atoms with Crippen LogP contribution >= 0.6 is 0 Å². The van der Waals surface area contributed by atoms with Gasteiger partial charge in [-0.05, 0) is 69.7 Å². The molecule has 0 fully saturated rings. The number of ether oxygens (including phenoxy) is 1. The number of carbonyl (C=O) groups is 4. The van der Waals surface area contributed by atoms with E-state index < -0.39 is 17.9 Å². The third-order valence-electron chi connectivity index (χ3n) is 5.69. The molecule has 1 heterocycles. The lowest BCUT2D eigenvalue weighted by Gasteiger charge is -2.12. The van der Waals surface area contributed by atoms with E-state index in [2.05, 4.69) is 4.98 Å². The summed E-state index contributed by atoms with van der Waals surface area (Å²) >= 11 is 0. The largest absolute Gasteiger partial charge is 0.454 e. The molecule has 0 saturated heterocycles. The van der Waals surface area contributed by atoms with Crippen molar-refractivity contribution in [1.82, 2.24) is 4.98 Å². The van der Waals surface area contributed by atoms with E-state index in [0.29, 0.717) is 22.4 Å². The van der Waals surface area contributed by atoms with Gasteiger partial charge < -0.3 is 9.72 Å². The van der Waals surface area contributed by atoms with Crippen LogP contribution in [0.15, 0.2) is 18.2 Å². The number of nitrogens with one attached hydrogen (secondary N) is 1. The number of aromatic amines is 1. The highest BCUT2D eigenvalue weighted by atomic mass is 16.5. The van der Waals surface area contributed by atoms with E-state index in [4.69, 9.17) is 4.74 Å². The van der Waals surface area contributed by atoms with Gasteiger partial charge in [0.1, 0.15) is 0 Å². The molecule has 0 bridgehead atoms. The van der Waals surface area contributed by atoms with Gasteiger partial charge in [-0.25, -0.2) is 0 Å². The van der Waals surface area contributed by atoms with Gasteiger partial charge in [0.25, 0.3) is 0 Å². The lowest BCUT2D eigenvalue weighted by atomic mass is 10.0. The topological polar surface area (TPSA) is 93.3 Å². The first-order chi connectivity index (χ1) is 14.2. The molecule has 3 rings (SSSR count). The lowest BCUT2D eigenvalue weighted by molar-refractivity contribution is -0.146. The molecule has 30 heavy (non-hydrogen) atoms. The van der Waals surface area contributed by atoms with Gasteiger partial charge in [-0.3, -0.25) is 19.2 Å². The minimum Gasteiger partial charge on any atom is -0.454 e. The highest BCUT2D eigenvalue weighted by molar-refractivity contribution is 6.05. The average molecular weight is 409 g/mol. The van der Waals surface area contributed by atoms with Gasteiger partial charge in [-0.2, -0.15) is 0 Å². The van der Waals surface area contributed by atoms with E-state index in [-0.39, 0.29) is 30.1 Å². The predicted molar refractivity (Wildman–Crippen MR) is 112 cm³/mol. The molecule has 0 radical (unpaired) electrons. The van der Waals surface area contributed by atoms with Crippen molar-refractivity contribution in [1.29, 1.82) is 0 Å². The van der Waals surface area contributed by atoms with Gasteiger partial charge in [0.15, 0.2) is 17.7 Å². The van der Waals surface area contributed by atoms with Gasteiger partial charge in [-0.15, -0.1) is 0 Å². The molecule has 0 saturated carbocycles. The van der Waals surface area contributed by atoms with Crippen LogP contribution in [0, 0.1) is 13.8 Å². The van der Waals surface area contributed by atoms with Crippen LogP contribution in [0.25, 0.3) is 0 Å². The maximum absolute atomic E-state index is 12.7. The van der Waals surface area contributed by atoms with Crippen molar-refractivity contribution in [2.24, 2.45) is 0 Å². The number of carbonyl (C=O) groups excluding carboxylic acids is 4. The lowest BCUT2D eigenvalue weighted by Crippen LogP contribution is -2.25. The molecule has 6 nitrogen and oxygen atoms in total. The highest BCUT2D eigenvalue weighted by Gasteiger charge is 2.26. The predicted octanol–water partition coefficient (Wildman–Crippen LogP) is 4.10. The van der Waals surface area contributed by atoms with Crippen LogP contribution in [0.2, 0.25) is 0 Å². The third-order valence-corrected chi connectivity index (χ3v) is 5.69. The van der Waals surface area contributed by atoms with Crippen LogP contribution in [0.3, 0.4) is 0 Å². The number of rotatable bonds is 8. The monoisotopic (exact) mass is 409 g/mol. The molecule has 1 atom stereocenters. The van der Waals surface area contributed by atoms with Crippen molar-refractivity contribution >= 4 is 23.3 Å². The molecular formula is C24H27NO5. The van der Waals surface area contributed by atoms with Crippen molar-refractivity contribution in [2.45, 2.75) is 65.9 Å². The first-order valence-electron chi connectivity index (χ1n) is 10.3. The van der Waals surface area contributed by atoms with Crippen molar-refractivity contribution in [3.8, 4) is 0 Å². The molecule has 0 spiro atoms. The van der Waals surface area contributed by atoms with Crippen LogP contribution < -0.4 is 0 Å². The standard InChI is InChI=1S/C24H27NO5/c1-13-22(15(3)26)14(2)25-23(13)24(29)16(4)30-21(28)11-10-20(27)19-9-8-17-6-5-7-18(17)12-19/h8-9,12,16,25H,5-7,10-11H2,1-4H3/t16-/m1/s1. The van der Waals surface area contributed by atoms with E-state index in [0.717, 1.165) is 19.3 Å². The van der Waals surface area contributed by atoms with Crippen LogP contribution in [-0.2, 0) is 22.4 Å². The quantitative estimate of drug-likeness (QED) is 0.523. The van der Waals surface area contributed by atoms with E-state index in [1.807, 2.05) is 18.2 Å². The molecule has 1 aromatic heterocycles. The molecule has 158 valence electrons. The Morgan fingerprint density at radius 3 is 2.43 bits per heavy atom. The van der Waals surface area contributed by atoms with Gasteiger partial charge in [0.05, 0.1) is 12.1 Å². The molecule has 0 aliphatic heterocycles. The molecule has 1 aliphatic carbocycles. The summed E-state index contributed by atoms with van der Waals surface area (Å²) < 4.78 is 5.25. The van der Waals surface area contributed by atoms with Crippen molar-refractivity contribution in [3.63, 3.8) is 0 Å². The van der Waals surface area contributed by atoms with Crippen LogP contribution in [-0.4, -0.2) is 34.4 Å². The summed E-state index contributed by atoms with van der Waals surface area (Å²) in [4.78, 5) is 52.0. The fourth-order valence-electron chi connectivity index (χ4n) is 4.14. The van der Waals surface area contributed by atoms with E-state index in [9.17, 15) is 19.2 Å². The zero-order valence-electron chi connectivity index (χ0n) is 17.9. The summed E-state index contributed by atoms with van der Waals surface area (Å²) in [6.45, 7) is 6.35. The average Bonchev–Trinajstić information content (AvgIpc) is 3.28. The fraction of sp³-hybridized carbons (Fsp3) is 0.417. The summed E-state index contributed by atoms with van der Waals surface area (Å²) in [6.07, 6.45) is 2.09. The zero-order chi connectivity index (χ0) is 22.0. The van der Waals surface area contributed by atoms with E-state index >= 15 is 0 Å². The number of aryl methyl sites for hydroxylation is 3. The molecule has 0 unspecified atom stereocenters. The van der Waals surface area contributed by atoms with Crippen LogP contribution in [0.1, 0.15) is 86.7 Å². The van der Waals surface area contributed by atoms with Gasteiger partial charge in [0.2, 0.25) is 5.78 Å². The summed E-state index contributed by atoms with van der Waals surface area (Å²) in [5, 5.41) is 0. The highest BCUT2D eigenvalue weighted by Crippen LogP contribution is 2.24. The molecule has 6 heteroatoms. The number of hydrogen-bond acceptors (Lipinski definition) is 5. The maximum atomic E-state index is 12.7. The second-order valence-corrected chi connectivity index (χ2v) is 7.94. The van der Waals surface area contributed by atoms with Crippen molar-refractivity contribution in [2.75, 3.05) is 0 Å². The second-order valence-electron chi connectivity index (χ2n) is 7.94. The Morgan fingerprint density at radius 1 is 1.07 bits per heavy atom. The summed E-state index contributed by atoms with van der Waals surface area (Å²) in [5.41, 5.74) is 5.04. The van der Waals surface area contributed by atoms with Gasteiger partial charge >= 0.3 is 5.97 Å². The molecule has 1 aliphatic rings. The number of esters is 1. The second kappa shape index (κ2) is 8.78. The Kier molecular flexibility index (Phi) is 6.34. The molecule has 0 amide bonds. The molecular weight excluding hydrogens is 382 g/mol. The smallest absolute Gasteiger partial charge is 0.306 e. The Bertz CT molecular complexity index is 1030. The summed E-state index contributed by atoms with van der Waals surface area (Å²) in [6, 6.07) is 5.72. The van der Waals surface area contributed by atoms with Gasteiger partial charge in [-0.1, -0.05) is 12.1 Å². The number of H-pyrrole nitrogens is 1. The number of aromatic nitrogens is 1. The Labute approximate surface area is 176 Å². The first-order valence-corrected chi connectivity index (χ1v) is 10.3. The molecule has 1 aromatic carbocycles. The fourth-order valence-corrected chi connectivity index (χ4v) is 4.14. The van der Waals surface area contributed by atoms with E-state index in [1.165, 1.54) is 25.0 Å². The zero-order valence-corrected chi connectivity index (χ0v) is 17.9. The van der Waals surface area contributed by atoms with Crippen LogP contribution in [0.4, 0.5) is 0 Å². The Morgan fingerprint density at radius 2 is 1.77 bits per heavy atom. The number of ketones is 3. The summed E-state index contributed by atoms with van der Waals surface area (Å²) in [5.74, 6) is -1.24. The Hall–Kier alpha value is -3.02. The minimum absolute atomic E-state index is 0.0354. The van der Waals surface area contributed by atoms with E-state index in [1.54, 1.807) is 13.8 Å². The normalized spacial score (nSPS) is 13.6. The maximum Gasteiger partial charge on any atom is 0.306 e. The molecule has 1 N–H and O–H groups in total. The number of Topliss-reactive ketones (excluding diaryl/α,β-unsaturated/α-hetero) is 3. The van der Waals surface area contributed by atoms with Gasteiger partial charge in [0, 0.05) is 23.2 Å². The first kappa shape index (κ1) is 21.7. The van der Waals surface area contributed by atoms with Crippen molar-refractivity contribution in [3.05, 3.63) is 57.4 Å². The third kappa shape index (κ3) is 4.42. The molecule has 2 aromatic rings. The number of benzene rings is 1. The van der Waals surface area contributed by atoms with Crippen molar-refractivity contribution < 1.29 is 23.9 Å². The Balaban J connectivity index is 1.57. The SMILES string of the molecule is CC(=O)c1c(C)[nH]c(C(=O)[C@@H](C)OC(=O)CCC(=O)c2ccc3c(c2)CCC3)c1C. The number of fused-ring (bicyclic) bond motifs is 1. The minimum atomic E-state index is -1.01.